The third-order valence-corrected chi connectivity index (χ3v) is 4.68. The molecule has 1 aromatic heterocycles. The fraction of sp³-hybridized carbons (Fsp3) is 0.421. The van der Waals surface area contributed by atoms with E-state index in [0.29, 0.717) is 13.2 Å². The Morgan fingerprint density at radius 1 is 1.33 bits per heavy atom. The second-order valence-corrected chi connectivity index (χ2v) is 6.93. The van der Waals surface area contributed by atoms with Crippen LogP contribution in [-0.2, 0) is 4.74 Å². The summed E-state index contributed by atoms with van der Waals surface area (Å²) in [6, 6.07) is 3.81. The smallest absolute Gasteiger partial charge is 0.258 e. The van der Waals surface area contributed by atoms with Gasteiger partial charge in [-0.05, 0) is 44.9 Å². The highest BCUT2D eigenvalue weighted by Gasteiger charge is 2.30. The Balaban J connectivity index is 1.95. The first-order chi connectivity index (χ1) is 13.0. The minimum Gasteiger partial charge on any atom is -0.452 e. The summed E-state index contributed by atoms with van der Waals surface area (Å²) < 4.78 is 25.1. The number of rotatable bonds is 5. The normalized spacial score (nSPS) is 15.0. The monoisotopic (exact) mass is 393 g/mol. The van der Waals surface area contributed by atoms with Crippen molar-refractivity contribution < 1.29 is 18.7 Å². The van der Waals surface area contributed by atoms with Crippen molar-refractivity contribution >= 4 is 17.5 Å². The molecule has 0 atom stereocenters. The van der Waals surface area contributed by atoms with Crippen LogP contribution < -0.4 is 4.74 Å². The molecule has 0 saturated carbocycles. The van der Waals surface area contributed by atoms with Crippen LogP contribution in [0.2, 0.25) is 5.15 Å². The zero-order valence-corrected chi connectivity index (χ0v) is 15.9. The molecule has 3 rings (SSSR count). The number of halogens is 2. The molecule has 1 fully saturated rings. The summed E-state index contributed by atoms with van der Waals surface area (Å²) >= 11 is 6.01. The lowest BCUT2D eigenvalue weighted by Crippen LogP contribution is -2.47. The van der Waals surface area contributed by atoms with Crippen LogP contribution >= 0.6 is 11.6 Å². The highest BCUT2D eigenvalue weighted by Crippen LogP contribution is 2.31. The highest BCUT2D eigenvalue weighted by atomic mass is 35.5. The summed E-state index contributed by atoms with van der Waals surface area (Å²) in [5, 5.41) is 0.109. The van der Waals surface area contributed by atoms with Crippen molar-refractivity contribution in [2.24, 2.45) is 0 Å². The minimum atomic E-state index is -0.517. The lowest BCUT2D eigenvalue weighted by atomic mass is 10.0. The Morgan fingerprint density at radius 3 is 2.74 bits per heavy atom. The predicted molar refractivity (Wildman–Crippen MR) is 98.7 cm³/mol. The largest absolute Gasteiger partial charge is 0.452 e. The van der Waals surface area contributed by atoms with Crippen LogP contribution in [0.5, 0.6) is 11.5 Å². The van der Waals surface area contributed by atoms with Crippen molar-refractivity contribution in [3.63, 3.8) is 0 Å². The zero-order valence-electron chi connectivity index (χ0n) is 15.2. The van der Waals surface area contributed by atoms with Crippen molar-refractivity contribution in [3.05, 3.63) is 47.3 Å². The third kappa shape index (κ3) is 4.54. The number of carbonyl (C=O) groups excluding carboxylic acids is 1. The van der Waals surface area contributed by atoms with Crippen LogP contribution in [0.4, 0.5) is 4.39 Å². The fourth-order valence-electron chi connectivity index (χ4n) is 3.17. The molecule has 0 bridgehead atoms. The van der Waals surface area contributed by atoms with E-state index in [1.807, 2.05) is 13.8 Å². The molecule has 2 aromatic rings. The van der Waals surface area contributed by atoms with Crippen LogP contribution in [0.3, 0.4) is 0 Å². The van der Waals surface area contributed by atoms with Crippen LogP contribution in [-0.4, -0.2) is 46.1 Å². The number of ether oxygens (including phenoxy) is 2. The van der Waals surface area contributed by atoms with Gasteiger partial charge in [0, 0.05) is 25.3 Å². The second-order valence-electron chi connectivity index (χ2n) is 6.57. The van der Waals surface area contributed by atoms with Gasteiger partial charge < -0.3 is 14.4 Å². The molecule has 1 aliphatic rings. The summed E-state index contributed by atoms with van der Waals surface area (Å²) in [5.41, 5.74) is 0.134. The Labute approximate surface area is 162 Å². The average Bonchev–Trinajstić information content (AvgIpc) is 2.65. The number of amides is 1. The molecule has 0 radical (unpaired) electrons. The average molecular weight is 394 g/mol. The summed E-state index contributed by atoms with van der Waals surface area (Å²) in [6.45, 7) is 5.08. The lowest BCUT2D eigenvalue weighted by molar-refractivity contribution is 0.0204. The van der Waals surface area contributed by atoms with Crippen LogP contribution in [0.25, 0.3) is 0 Å². The first-order valence-corrected chi connectivity index (χ1v) is 9.18. The molecule has 2 heterocycles. The molecule has 1 aliphatic heterocycles. The van der Waals surface area contributed by atoms with Gasteiger partial charge in [-0.1, -0.05) is 11.6 Å². The summed E-state index contributed by atoms with van der Waals surface area (Å²) in [6.07, 6.45) is 4.17. The molecule has 144 valence electrons. The standard InChI is InChI=1S/C19H21ClFN3O3/c1-12(2)24(14-5-7-26-8-6-14)19(25)15-9-13(21)3-4-16(15)27-17-10-22-11-23-18(17)20/h3-4,9-12,14H,5-8H2,1-2H3. The fourth-order valence-corrected chi connectivity index (χ4v) is 3.30. The maximum Gasteiger partial charge on any atom is 0.258 e. The number of aromatic nitrogens is 2. The lowest BCUT2D eigenvalue weighted by Gasteiger charge is -2.37. The molecule has 0 spiro atoms. The quantitative estimate of drug-likeness (QED) is 0.716. The van der Waals surface area contributed by atoms with E-state index in [0.717, 1.165) is 12.8 Å². The minimum absolute atomic E-state index is 0.0333. The van der Waals surface area contributed by atoms with Gasteiger partial charge in [0.25, 0.3) is 5.91 Å². The molecular weight excluding hydrogens is 373 g/mol. The number of hydrogen-bond acceptors (Lipinski definition) is 5. The second kappa shape index (κ2) is 8.63. The molecule has 8 heteroatoms. The van der Waals surface area contributed by atoms with Gasteiger partial charge in [0.1, 0.15) is 17.9 Å². The van der Waals surface area contributed by atoms with Crippen molar-refractivity contribution in [3.8, 4) is 11.5 Å². The molecule has 1 aromatic carbocycles. The maximum atomic E-state index is 13.9. The van der Waals surface area contributed by atoms with Gasteiger partial charge in [-0.3, -0.25) is 4.79 Å². The Hall–Kier alpha value is -2.25. The molecule has 0 aliphatic carbocycles. The Morgan fingerprint density at radius 2 is 2.07 bits per heavy atom. The highest BCUT2D eigenvalue weighted by molar-refractivity contribution is 6.30. The van der Waals surface area contributed by atoms with Crippen LogP contribution in [0, 0.1) is 5.82 Å². The first kappa shape index (κ1) is 19.5. The molecule has 1 amide bonds. The van der Waals surface area contributed by atoms with E-state index in [2.05, 4.69) is 9.97 Å². The molecule has 0 unspecified atom stereocenters. The summed E-state index contributed by atoms with van der Waals surface area (Å²) in [7, 11) is 0. The zero-order chi connectivity index (χ0) is 19.4. The molecule has 6 nitrogen and oxygen atoms in total. The van der Waals surface area contributed by atoms with E-state index in [1.165, 1.54) is 30.7 Å². The van der Waals surface area contributed by atoms with Gasteiger partial charge in [-0.25, -0.2) is 14.4 Å². The van der Waals surface area contributed by atoms with Crippen molar-refractivity contribution in [1.29, 1.82) is 0 Å². The molecule has 0 N–H and O–H groups in total. The van der Waals surface area contributed by atoms with Gasteiger partial charge in [0.15, 0.2) is 10.9 Å². The number of carbonyl (C=O) groups is 1. The topological polar surface area (TPSA) is 64.6 Å². The van der Waals surface area contributed by atoms with E-state index in [1.54, 1.807) is 4.90 Å². The predicted octanol–water partition coefficient (Wildman–Crippen LogP) is 4.09. The SMILES string of the molecule is CC(C)N(C(=O)c1cc(F)ccc1Oc1cncnc1Cl)C1CCOCC1. The van der Waals surface area contributed by atoms with E-state index < -0.39 is 5.82 Å². The Bertz CT molecular complexity index is 813. The van der Waals surface area contributed by atoms with Gasteiger partial charge in [-0.2, -0.15) is 0 Å². The van der Waals surface area contributed by atoms with Gasteiger partial charge in [0.05, 0.1) is 11.8 Å². The van der Waals surface area contributed by atoms with Crippen molar-refractivity contribution in [2.75, 3.05) is 13.2 Å². The number of benzene rings is 1. The first-order valence-electron chi connectivity index (χ1n) is 8.80. The Kier molecular flexibility index (Phi) is 6.23. The van der Waals surface area contributed by atoms with Crippen LogP contribution in [0.15, 0.2) is 30.7 Å². The van der Waals surface area contributed by atoms with Crippen molar-refractivity contribution in [1.82, 2.24) is 14.9 Å². The van der Waals surface area contributed by atoms with E-state index in [-0.39, 0.29) is 40.2 Å². The van der Waals surface area contributed by atoms with Gasteiger partial charge in [-0.15, -0.1) is 0 Å². The summed E-state index contributed by atoms with van der Waals surface area (Å²) in [5.74, 6) is -0.408. The third-order valence-electron chi connectivity index (χ3n) is 4.40. The van der Waals surface area contributed by atoms with Crippen molar-refractivity contribution in [2.45, 2.75) is 38.8 Å². The maximum absolute atomic E-state index is 13.9. The molecular formula is C19H21ClFN3O3. The van der Waals surface area contributed by atoms with Gasteiger partial charge >= 0.3 is 0 Å². The number of nitrogens with zero attached hydrogens (tertiary/aromatic N) is 3. The van der Waals surface area contributed by atoms with E-state index >= 15 is 0 Å². The summed E-state index contributed by atoms with van der Waals surface area (Å²) in [4.78, 5) is 22.8. The number of hydrogen-bond donors (Lipinski definition) is 0. The molecule has 1 saturated heterocycles. The van der Waals surface area contributed by atoms with Crippen LogP contribution in [0.1, 0.15) is 37.0 Å². The van der Waals surface area contributed by atoms with Gasteiger partial charge in [0.2, 0.25) is 0 Å². The molecule has 27 heavy (non-hydrogen) atoms. The van der Waals surface area contributed by atoms with E-state index in [9.17, 15) is 9.18 Å². The van der Waals surface area contributed by atoms with E-state index in [4.69, 9.17) is 21.1 Å².